The summed E-state index contributed by atoms with van der Waals surface area (Å²) in [5, 5.41) is 2.05. The Morgan fingerprint density at radius 3 is 2.63 bits per heavy atom. The molecule has 0 saturated carbocycles. The van der Waals surface area contributed by atoms with Crippen LogP contribution < -0.4 is 4.31 Å². The number of carbonyl (C=O) groups is 1. The lowest BCUT2D eigenvalue weighted by Gasteiger charge is -2.28. The number of hydrogen-bond acceptors (Lipinski definition) is 4. The van der Waals surface area contributed by atoms with E-state index in [2.05, 4.69) is 11.4 Å². The Labute approximate surface area is 181 Å². The van der Waals surface area contributed by atoms with Gasteiger partial charge < -0.3 is 4.90 Å². The maximum atomic E-state index is 13.5. The van der Waals surface area contributed by atoms with Gasteiger partial charge in [-0.05, 0) is 67.1 Å². The van der Waals surface area contributed by atoms with Gasteiger partial charge >= 0.3 is 0 Å². The second-order valence-corrected chi connectivity index (χ2v) is 10.2. The Hall–Kier alpha value is -2.64. The molecule has 156 valence electrons. The van der Waals surface area contributed by atoms with E-state index in [4.69, 9.17) is 0 Å². The zero-order valence-electron chi connectivity index (χ0n) is 17.0. The van der Waals surface area contributed by atoms with E-state index >= 15 is 0 Å². The molecule has 2 heterocycles. The topological polar surface area (TPSA) is 57.7 Å². The third-order valence-electron chi connectivity index (χ3n) is 5.43. The molecule has 2 aromatic carbocycles. The number of para-hydroxylation sites is 1. The van der Waals surface area contributed by atoms with E-state index in [9.17, 15) is 13.2 Å². The van der Waals surface area contributed by atoms with Gasteiger partial charge in [-0.15, -0.1) is 11.3 Å². The number of carbonyl (C=O) groups excluding carboxylic acids is 1. The van der Waals surface area contributed by atoms with Crippen LogP contribution in [0.5, 0.6) is 0 Å². The molecule has 4 rings (SSSR count). The van der Waals surface area contributed by atoms with E-state index in [0.717, 1.165) is 6.42 Å². The molecule has 3 aromatic rings. The number of fused-ring (bicyclic) bond motifs is 1. The van der Waals surface area contributed by atoms with Crippen molar-refractivity contribution < 1.29 is 13.2 Å². The highest BCUT2D eigenvalue weighted by Gasteiger charge is 2.28. The smallest absolute Gasteiger partial charge is 0.264 e. The first-order chi connectivity index (χ1) is 14.4. The normalized spacial score (nSPS) is 13.7. The largest absolute Gasteiger partial charge is 0.334 e. The van der Waals surface area contributed by atoms with Crippen LogP contribution in [0.4, 0.5) is 5.69 Å². The lowest BCUT2D eigenvalue weighted by molar-refractivity contribution is 0.0735. The van der Waals surface area contributed by atoms with Gasteiger partial charge in [-0.2, -0.15) is 0 Å². The van der Waals surface area contributed by atoms with Gasteiger partial charge in [0.25, 0.3) is 15.9 Å². The number of sulfonamides is 1. The molecule has 1 aromatic heterocycles. The number of hydrogen-bond donors (Lipinski definition) is 0. The molecule has 0 aliphatic carbocycles. The van der Waals surface area contributed by atoms with Crippen LogP contribution in [0, 0.1) is 6.92 Å². The van der Waals surface area contributed by atoms with Crippen molar-refractivity contribution in [1.29, 1.82) is 0 Å². The van der Waals surface area contributed by atoms with Gasteiger partial charge in [-0.1, -0.05) is 24.3 Å². The van der Waals surface area contributed by atoms with Crippen LogP contribution in [0.25, 0.3) is 0 Å². The van der Waals surface area contributed by atoms with Crippen LogP contribution in [-0.4, -0.2) is 32.3 Å². The predicted molar refractivity (Wildman–Crippen MR) is 121 cm³/mol. The number of nitrogens with zero attached hydrogens (tertiary/aromatic N) is 2. The van der Waals surface area contributed by atoms with E-state index in [-0.39, 0.29) is 10.8 Å². The third-order valence-corrected chi connectivity index (χ3v) is 8.50. The van der Waals surface area contributed by atoms with Gasteiger partial charge in [0, 0.05) is 30.1 Å². The minimum absolute atomic E-state index is 0.133. The Morgan fingerprint density at radius 1 is 1.13 bits per heavy atom. The monoisotopic (exact) mass is 440 g/mol. The second-order valence-electron chi connectivity index (χ2n) is 7.33. The maximum absolute atomic E-state index is 13.5. The number of thiophene rings is 1. The van der Waals surface area contributed by atoms with Crippen molar-refractivity contribution in [2.45, 2.75) is 31.7 Å². The summed E-state index contributed by atoms with van der Waals surface area (Å²) in [5.41, 5.74) is 2.82. The Bertz CT molecular complexity index is 1170. The van der Waals surface area contributed by atoms with Crippen LogP contribution in [-0.2, 0) is 23.0 Å². The quantitative estimate of drug-likeness (QED) is 0.588. The van der Waals surface area contributed by atoms with E-state index in [1.807, 2.05) is 18.2 Å². The fourth-order valence-corrected chi connectivity index (χ4v) is 6.44. The minimum Gasteiger partial charge on any atom is -0.334 e. The number of amides is 1. The molecule has 7 heteroatoms. The first-order valence-electron chi connectivity index (χ1n) is 9.94. The molecule has 0 fully saturated rings. The molecular weight excluding hydrogens is 416 g/mol. The Balaban J connectivity index is 1.67. The van der Waals surface area contributed by atoms with Crippen LogP contribution in [0.3, 0.4) is 0 Å². The fourth-order valence-electron chi connectivity index (χ4n) is 3.82. The van der Waals surface area contributed by atoms with Crippen molar-refractivity contribution >= 4 is 33.0 Å². The highest BCUT2D eigenvalue weighted by Crippen LogP contribution is 2.28. The molecule has 0 N–H and O–H groups in total. The first-order valence-corrected chi connectivity index (χ1v) is 12.3. The minimum atomic E-state index is -3.80. The van der Waals surface area contributed by atoms with Gasteiger partial charge in [0.1, 0.15) is 0 Å². The van der Waals surface area contributed by atoms with Gasteiger partial charge in [0.05, 0.1) is 10.6 Å². The second kappa shape index (κ2) is 8.24. The highest BCUT2D eigenvalue weighted by molar-refractivity contribution is 7.92. The van der Waals surface area contributed by atoms with Crippen molar-refractivity contribution in [2.24, 2.45) is 0 Å². The van der Waals surface area contributed by atoms with Crippen molar-refractivity contribution in [3.8, 4) is 0 Å². The first kappa shape index (κ1) is 20.6. The van der Waals surface area contributed by atoms with Crippen LogP contribution in [0.2, 0.25) is 0 Å². The average Bonchev–Trinajstić information content (AvgIpc) is 3.22. The van der Waals surface area contributed by atoms with E-state index < -0.39 is 10.0 Å². The van der Waals surface area contributed by atoms with E-state index in [1.54, 1.807) is 54.3 Å². The SMILES string of the molecule is CCN(c1ccccc1)S(=O)(=O)c1cc(C(=O)N2CCc3sccc3C2)ccc1C. The van der Waals surface area contributed by atoms with E-state index in [0.29, 0.717) is 36.4 Å². The summed E-state index contributed by atoms with van der Waals surface area (Å²) in [4.78, 5) is 16.4. The molecule has 0 atom stereocenters. The summed E-state index contributed by atoms with van der Waals surface area (Å²) in [6.45, 7) is 5.09. The highest BCUT2D eigenvalue weighted by atomic mass is 32.2. The average molecular weight is 441 g/mol. The summed E-state index contributed by atoms with van der Waals surface area (Å²) in [6, 6.07) is 16.1. The fraction of sp³-hybridized carbons (Fsp3) is 0.261. The predicted octanol–water partition coefficient (Wildman–Crippen LogP) is 4.47. The molecule has 0 saturated heterocycles. The lowest BCUT2D eigenvalue weighted by atomic mass is 10.1. The molecule has 1 aliphatic rings. The maximum Gasteiger partial charge on any atom is 0.264 e. The lowest BCUT2D eigenvalue weighted by Crippen LogP contribution is -2.36. The summed E-state index contributed by atoms with van der Waals surface area (Å²) >= 11 is 1.72. The molecule has 0 spiro atoms. The van der Waals surface area contributed by atoms with Crippen molar-refractivity contribution in [2.75, 3.05) is 17.4 Å². The summed E-state index contributed by atoms with van der Waals surface area (Å²) in [7, 11) is -3.80. The summed E-state index contributed by atoms with van der Waals surface area (Å²) < 4.78 is 28.3. The molecule has 5 nitrogen and oxygen atoms in total. The summed E-state index contributed by atoms with van der Waals surface area (Å²) in [5.74, 6) is -0.133. The molecule has 0 radical (unpaired) electrons. The Morgan fingerprint density at radius 2 is 1.90 bits per heavy atom. The van der Waals surface area contributed by atoms with Gasteiger partial charge in [-0.3, -0.25) is 9.10 Å². The molecular formula is C23H24N2O3S2. The van der Waals surface area contributed by atoms with Gasteiger partial charge in [-0.25, -0.2) is 8.42 Å². The van der Waals surface area contributed by atoms with Gasteiger partial charge in [0.15, 0.2) is 0 Å². The van der Waals surface area contributed by atoms with Crippen LogP contribution in [0.15, 0.2) is 64.9 Å². The van der Waals surface area contributed by atoms with Crippen molar-refractivity contribution in [1.82, 2.24) is 4.90 Å². The molecule has 1 aliphatic heterocycles. The Kier molecular flexibility index (Phi) is 5.66. The van der Waals surface area contributed by atoms with Crippen LogP contribution in [0.1, 0.15) is 33.3 Å². The van der Waals surface area contributed by atoms with E-state index in [1.165, 1.54) is 20.8 Å². The number of rotatable bonds is 5. The van der Waals surface area contributed by atoms with Crippen molar-refractivity contribution in [3.63, 3.8) is 0 Å². The molecule has 1 amide bonds. The van der Waals surface area contributed by atoms with Gasteiger partial charge in [0.2, 0.25) is 0 Å². The number of aryl methyl sites for hydroxylation is 1. The number of benzene rings is 2. The zero-order valence-corrected chi connectivity index (χ0v) is 18.7. The number of anilines is 1. The zero-order chi connectivity index (χ0) is 21.3. The van der Waals surface area contributed by atoms with Crippen LogP contribution >= 0.6 is 11.3 Å². The standard InChI is InChI=1S/C23H24N2O3S2/c1-3-25(20-7-5-4-6-8-20)30(27,28)22-15-18(10-9-17(22)2)23(26)24-13-11-21-19(16-24)12-14-29-21/h4-10,12,14-15H,3,11,13,16H2,1-2H3. The molecule has 0 bridgehead atoms. The van der Waals surface area contributed by atoms with Crippen molar-refractivity contribution in [3.05, 3.63) is 81.5 Å². The molecule has 0 unspecified atom stereocenters. The summed E-state index contributed by atoms with van der Waals surface area (Å²) in [6.07, 6.45) is 0.841. The third kappa shape index (κ3) is 3.75. The molecule has 30 heavy (non-hydrogen) atoms.